The predicted molar refractivity (Wildman–Crippen MR) is 58.6 cm³/mol. The van der Waals surface area contributed by atoms with Gasteiger partial charge in [-0.15, -0.1) is 0 Å². The van der Waals surface area contributed by atoms with Gasteiger partial charge in [0.05, 0.1) is 6.26 Å². The number of carbonyl (C=O) groups excluding carboxylic acids is 1. The molecule has 1 unspecified atom stereocenters. The maximum atomic E-state index is 11.9. The molecule has 0 spiro atoms. The number of carbonyl (C=O) groups is 1. The second kappa shape index (κ2) is 4.98. The van der Waals surface area contributed by atoms with Crippen LogP contribution in [-0.2, 0) is 0 Å². The van der Waals surface area contributed by atoms with Gasteiger partial charge in [-0.2, -0.15) is 0 Å². The maximum Gasteiger partial charge on any atom is 0.289 e. The first-order valence-electron chi connectivity index (χ1n) is 5.06. The summed E-state index contributed by atoms with van der Waals surface area (Å²) in [5.41, 5.74) is 6.38. The number of furan rings is 1. The van der Waals surface area contributed by atoms with Crippen LogP contribution in [0.3, 0.4) is 0 Å². The molecule has 15 heavy (non-hydrogen) atoms. The summed E-state index contributed by atoms with van der Waals surface area (Å²) < 4.78 is 5.14. The lowest BCUT2D eigenvalue weighted by molar-refractivity contribution is 0.0745. The van der Waals surface area contributed by atoms with E-state index in [-0.39, 0.29) is 5.91 Å². The standard InChI is InChI=1S/C11H18N2O2/c1-8(6-12)7-13(3)11(14)10-9(2)4-5-15-10/h4-5,8H,6-7,12H2,1-3H3. The van der Waals surface area contributed by atoms with E-state index in [1.54, 1.807) is 18.0 Å². The fourth-order valence-corrected chi connectivity index (χ4v) is 1.39. The van der Waals surface area contributed by atoms with E-state index in [9.17, 15) is 4.79 Å². The lowest BCUT2D eigenvalue weighted by Gasteiger charge is -2.19. The van der Waals surface area contributed by atoms with E-state index in [1.807, 2.05) is 13.8 Å². The number of hydrogen-bond acceptors (Lipinski definition) is 3. The Bertz CT molecular complexity index is 333. The molecule has 2 N–H and O–H groups in total. The van der Waals surface area contributed by atoms with Crippen LogP contribution in [0, 0.1) is 12.8 Å². The Balaban J connectivity index is 2.65. The van der Waals surface area contributed by atoms with Crippen molar-refractivity contribution in [3.05, 3.63) is 23.7 Å². The topological polar surface area (TPSA) is 59.5 Å². The zero-order valence-corrected chi connectivity index (χ0v) is 9.49. The molecule has 1 aromatic rings. The van der Waals surface area contributed by atoms with Crippen LogP contribution in [-0.4, -0.2) is 30.9 Å². The summed E-state index contributed by atoms with van der Waals surface area (Å²) in [7, 11) is 1.76. The minimum Gasteiger partial charge on any atom is -0.459 e. The molecule has 84 valence electrons. The molecule has 4 nitrogen and oxygen atoms in total. The van der Waals surface area contributed by atoms with Crippen LogP contribution >= 0.6 is 0 Å². The Labute approximate surface area is 90.0 Å². The average Bonchev–Trinajstić information content (AvgIpc) is 2.63. The van der Waals surface area contributed by atoms with E-state index in [0.717, 1.165) is 5.56 Å². The average molecular weight is 210 g/mol. The van der Waals surface area contributed by atoms with Crippen molar-refractivity contribution in [3.8, 4) is 0 Å². The molecule has 0 saturated heterocycles. The highest BCUT2D eigenvalue weighted by Crippen LogP contribution is 2.11. The highest BCUT2D eigenvalue weighted by atomic mass is 16.3. The quantitative estimate of drug-likeness (QED) is 0.813. The largest absolute Gasteiger partial charge is 0.459 e. The van der Waals surface area contributed by atoms with Gasteiger partial charge in [0.1, 0.15) is 0 Å². The summed E-state index contributed by atoms with van der Waals surface area (Å²) in [5, 5.41) is 0. The second-order valence-electron chi connectivity index (χ2n) is 3.96. The fourth-order valence-electron chi connectivity index (χ4n) is 1.39. The van der Waals surface area contributed by atoms with E-state index in [0.29, 0.717) is 24.8 Å². The molecule has 4 heteroatoms. The highest BCUT2D eigenvalue weighted by Gasteiger charge is 2.18. The van der Waals surface area contributed by atoms with Crippen molar-refractivity contribution in [2.45, 2.75) is 13.8 Å². The molecule has 0 saturated carbocycles. The van der Waals surface area contributed by atoms with Crippen molar-refractivity contribution in [1.82, 2.24) is 4.90 Å². The molecule has 1 amide bonds. The number of nitrogens with two attached hydrogens (primary N) is 1. The first-order chi connectivity index (χ1) is 7.06. The normalized spacial score (nSPS) is 12.5. The Morgan fingerprint density at radius 3 is 2.80 bits per heavy atom. The third kappa shape index (κ3) is 2.83. The summed E-state index contributed by atoms with van der Waals surface area (Å²) in [6, 6.07) is 1.79. The third-order valence-electron chi connectivity index (χ3n) is 2.39. The van der Waals surface area contributed by atoms with Crippen LogP contribution in [0.25, 0.3) is 0 Å². The minimum atomic E-state index is -0.0854. The van der Waals surface area contributed by atoms with Crippen LogP contribution in [0.15, 0.2) is 16.7 Å². The molecule has 0 aromatic carbocycles. The zero-order valence-electron chi connectivity index (χ0n) is 9.49. The molecule has 0 aliphatic carbocycles. The Kier molecular flexibility index (Phi) is 3.91. The molecule has 0 fully saturated rings. The van der Waals surface area contributed by atoms with Gasteiger partial charge in [-0.25, -0.2) is 0 Å². The van der Waals surface area contributed by atoms with Gasteiger partial charge in [0.15, 0.2) is 5.76 Å². The van der Waals surface area contributed by atoms with Gasteiger partial charge < -0.3 is 15.1 Å². The van der Waals surface area contributed by atoms with Gasteiger partial charge in [-0.3, -0.25) is 4.79 Å². The van der Waals surface area contributed by atoms with Gasteiger partial charge in [-0.1, -0.05) is 6.92 Å². The van der Waals surface area contributed by atoms with Crippen LogP contribution in [0.5, 0.6) is 0 Å². The molecule has 0 aliphatic rings. The van der Waals surface area contributed by atoms with Crippen LogP contribution in [0.2, 0.25) is 0 Å². The van der Waals surface area contributed by atoms with Crippen molar-refractivity contribution in [1.29, 1.82) is 0 Å². The molecule has 0 aliphatic heterocycles. The number of hydrogen-bond donors (Lipinski definition) is 1. The zero-order chi connectivity index (χ0) is 11.4. The molecular formula is C11H18N2O2. The molecule has 0 radical (unpaired) electrons. The van der Waals surface area contributed by atoms with Crippen LogP contribution < -0.4 is 5.73 Å². The molecule has 1 heterocycles. The predicted octanol–water partition coefficient (Wildman–Crippen LogP) is 1.25. The number of amides is 1. The number of aryl methyl sites for hydroxylation is 1. The van der Waals surface area contributed by atoms with Gasteiger partial charge in [0, 0.05) is 19.2 Å². The van der Waals surface area contributed by atoms with Crippen LogP contribution in [0.1, 0.15) is 23.0 Å². The lowest BCUT2D eigenvalue weighted by Crippen LogP contribution is -2.33. The molecule has 0 bridgehead atoms. The highest BCUT2D eigenvalue weighted by molar-refractivity contribution is 5.92. The SMILES string of the molecule is Cc1ccoc1C(=O)N(C)CC(C)CN. The number of nitrogens with zero attached hydrogens (tertiary/aromatic N) is 1. The van der Waals surface area contributed by atoms with Gasteiger partial charge in [0.25, 0.3) is 5.91 Å². The summed E-state index contributed by atoms with van der Waals surface area (Å²) in [6.45, 7) is 5.10. The Hall–Kier alpha value is -1.29. The third-order valence-corrected chi connectivity index (χ3v) is 2.39. The first kappa shape index (κ1) is 11.8. The van der Waals surface area contributed by atoms with Gasteiger partial charge in [-0.05, 0) is 25.5 Å². The molecular weight excluding hydrogens is 192 g/mol. The molecule has 1 aromatic heterocycles. The van der Waals surface area contributed by atoms with Gasteiger partial charge in [0.2, 0.25) is 0 Å². The summed E-state index contributed by atoms with van der Waals surface area (Å²) in [5.74, 6) is 0.633. The summed E-state index contributed by atoms with van der Waals surface area (Å²) in [6.07, 6.45) is 1.53. The summed E-state index contributed by atoms with van der Waals surface area (Å²) >= 11 is 0. The van der Waals surface area contributed by atoms with Gasteiger partial charge >= 0.3 is 0 Å². The molecule has 1 rings (SSSR count). The summed E-state index contributed by atoms with van der Waals surface area (Å²) in [4.78, 5) is 13.5. The van der Waals surface area contributed by atoms with Crippen molar-refractivity contribution in [3.63, 3.8) is 0 Å². The molecule has 1 atom stereocenters. The van der Waals surface area contributed by atoms with E-state index in [4.69, 9.17) is 10.2 Å². The minimum absolute atomic E-state index is 0.0854. The lowest BCUT2D eigenvalue weighted by atomic mass is 10.1. The fraction of sp³-hybridized carbons (Fsp3) is 0.545. The maximum absolute atomic E-state index is 11.9. The van der Waals surface area contributed by atoms with Crippen molar-refractivity contribution in [2.75, 3.05) is 20.1 Å². The van der Waals surface area contributed by atoms with Crippen molar-refractivity contribution < 1.29 is 9.21 Å². The smallest absolute Gasteiger partial charge is 0.289 e. The first-order valence-corrected chi connectivity index (χ1v) is 5.06. The van der Waals surface area contributed by atoms with E-state index < -0.39 is 0 Å². The van der Waals surface area contributed by atoms with Crippen molar-refractivity contribution in [2.24, 2.45) is 11.7 Å². The second-order valence-corrected chi connectivity index (χ2v) is 3.96. The van der Waals surface area contributed by atoms with E-state index >= 15 is 0 Å². The van der Waals surface area contributed by atoms with Crippen molar-refractivity contribution >= 4 is 5.91 Å². The Morgan fingerprint density at radius 1 is 1.67 bits per heavy atom. The Morgan fingerprint density at radius 2 is 2.33 bits per heavy atom. The van der Waals surface area contributed by atoms with E-state index in [2.05, 4.69) is 0 Å². The van der Waals surface area contributed by atoms with Crippen LogP contribution in [0.4, 0.5) is 0 Å². The monoisotopic (exact) mass is 210 g/mol. The van der Waals surface area contributed by atoms with E-state index in [1.165, 1.54) is 6.26 Å². The number of rotatable bonds is 4.